The summed E-state index contributed by atoms with van der Waals surface area (Å²) in [6, 6.07) is 0. The molecule has 0 radical (unpaired) electrons. The summed E-state index contributed by atoms with van der Waals surface area (Å²) >= 11 is 0. The fourth-order valence-corrected chi connectivity index (χ4v) is 1.13. The number of amides is 1. The zero-order valence-electron chi connectivity index (χ0n) is 10.5. The number of ether oxygens (including phenoxy) is 1. The molecule has 0 spiro atoms. The molecular formula is C12H23NO3. The van der Waals surface area contributed by atoms with E-state index in [1.165, 1.54) is 0 Å². The number of esters is 1. The molecule has 0 bridgehead atoms. The van der Waals surface area contributed by atoms with Crippen molar-refractivity contribution in [3.8, 4) is 0 Å². The van der Waals surface area contributed by atoms with Crippen LogP contribution in [0.15, 0.2) is 0 Å². The van der Waals surface area contributed by atoms with E-state index in [0.29, 0.717) is 13.0 Å². The molecule has 0 aliphatic heterocycles. The van der Waals surface area contributed by atoms with Crippen molar-refractivity contribution >= 4 is 11.9 Å². The van der Waals surface area contributed by atoms with Crippen molar-refractivity contribution in [1.82, 2.24) is 5.32 Å². The Morgan fingerprint density at radius 1 is 1.25 bits per heavy atom. The fraction of sp³-hybridized carbons (Fsp3) is 0.833. The molecule has 0 aromatic carbocycles. The van der Waals surface area contributed by atoms with Gasteiger partial charge < -0.3 is 10.1 Å². The first-order valence-corrected chi connectivity index (χ1v) is 6.01. The van der Waals surface area contributed by atoms with Gasteiger partial charge in [-0.3, -0.25) is 9.59 Å². The predicted molar refractivity (Wildman–Crippen MR) is 62.9 cm³/mol. The molecule has 0 aliphatic rings. The highest BCUT2D eigenvalue weighted by atomic mass is 16.5. The quantitative estimate of drug-likeness (QED) is 0.510. The average Bonchev–Trinajstić information content (AvgIpc) is 2.24. The first kappa shape index (κ1) is 14.9. The van der Waals surface area contributed by atoms with Gasteiger partial charge in [-0.25, -0.2) is 0 Å². The smallest absolute Gasteiger partial charge is 0.308 e. The lowest BCUT2D eigenvalue weighted by Gasteiger charge is -2.08. The minimum absolute atomic E-state index is 0.0362. The largest absolute Gasteiger partial charge is 0.464 e. The second-order valence-corrected chi connectivity index (χ2v) is 4.13. The molecule has 0 saturated carbocycles. The third-order valence-electron chi connectivity index (χ3n) is 2.15. The fourth-order valence-electron chi connectivity index (χ4n) is 1.13. The third kappa shape index (κ3) is 8.26. The van der Waals surface area contributed by atoms with Crippen molar-refractivity contribution in [3.63, 3.8) is 0 Å². The Balaban J connectivity index is 3.37. The lowest BCUT2D eigenvalue weighted by atomic mass is 10.2. The minimum atomic E-state index is -0.222. The highest BCUT2D eigenvalue weighted by Gasteiger charge is 2.07. The lowest BCUT2D eigenvalue weighted by molar-refractivity contribution is -0.147. The van der Waals surface area contributed by atoms with Crippen molar-refractivity contribution in [2.75, 3.05) is 13.2 Å². The summed E-state index contributed by atoms with van der Waals surface area (Å²) in [5.74, 6) is -0.297. The Bertz CT molecular complexity index is 214. The average molecular weight is 229 g/mol. The van der Waals surface area contributed by atoms with Crippen LogP contribution in [0.25, 0.3) is 0 Å². The van der Waals surface area contributed by atoms with Gasteiger partial charge in [-0.05, 0) is 6.42 Å². The van der Waals surface area contributed by atoms with E-state index in [1.807, 2.05) is 0 Å². The normalized spacial score (nSPS) is 10.2. The van der Waals surface area contributed by atoms with Crippen LogP contribution in [-0.4, -0.2) is 25.0 Å². The number of unbranched alkanes of at least 4 members (excludes halogenated alkanes) is 2. The molecule has 0 aromatic rings. The van der Waals surface area contributed by atoms with Crippen LogP contribution in [0, 0.1) is 5.92 Å². The van der Waals surface area contributed by atoms with Gasteiger partial charge in [0.1, 0.15) is 6.61 Å². The van der Waals surface area contributed by atoms with Gasteiger partial charge in [0.2, 0.25) is 5.91 Å². The van der Waals surface area contributed by atoms with Gasteiger partial charge in [-0.1, -0.05) is 33.6 Å². The Hall–Kier alpha value is -1.06. The minimum Gasteiger partial charge on any atom is -0.464 e. The van der Waals surface area contributed by atoms with Crippen molar-refractivity contribution in [1.29, 1.82) is 0 Å². The van der Waals surface area contributed by atoms with E-state index in [9.17, 15) is 9.59 Å². The topological polar surface area (TPSA) is 55.4 Å². The van der Waals surface area contributed by atoms with Gasteiger partial charge in [0.15, 0.2) is 0 Å². The first-order valence-electron chi connectivity index (χ1n) is 6.01. The highest BCUT2D eigenvalue weighted by Crippen LogP contribution is 1.98. The maximum absolute atomic E-state index is 11.2. The molecular weight excluding hydrogens is 206 g/mol. The van der Waals surface area contributed by atoms with Gasteiger partial charge in [0.05, 0.1) is 12.5 Å². The molecule has 0 rings (SSSR count). The zero-order valence-corrected chi connectivity index (χ0v) is 10.5. The van der Waals surface area contributed by atoms with Crippen LogP contribution in [0.4, 0.5) is 0 Å². The Morgan fingerprint density at radius 3 is 2.50 bits per heavy atom. The van der Waals surface area contributed by atoms with Gasteiger partial charge >= 0.3 is 5.97 Å². The van der Waals surface area contributed by atoms with Crippen molar-refractivity contribution in [3.05, 3.63) is 0 Å². The predicted octanol–water partition coefficient (Wildman–Crippen LogP) is 1.88. The van der Waals surface area contributed by atoms with Crippen molar-refractivity contribution in [2.24, 2.45) is 5.92 Å². The summed E-state index contributed by atoms with van der Waals surface area (Å²) in [4.78, 5) is 22.3. The van der Waals surface area contributed by atoms with E-state index >= 15 is 0 Å². The van der Waals surface area contributed by atoms with Gasteiger partial charge in [0.25, 0.3) is 0 Å². The summed E-state index contributed by atoms with van der Waals surface area (Å²) in [6.45, 7) is 6.33. The highest BCUT2D eigenvalue weighted by molar-refractivity contribution is 5.75. The second-order valence-electron chi connectivity index (χ2n) is 4.13. The Morgan fingerprint density at radius 2 is 1.94 bits per heavy atom. The summed E-state index contributed by atoms with van der Waals surface area (Å²) < 4.78 is 4.93. The summed E-state index contributed by atoms with van der Waals surface area (Å²) in [6.07, 6.45) is 3.68. The van der Waals surface area contributed by atoms with E-state index in [4.69, 9.17) is 4.74 Å². The molecule has 4 heteroatoms. The number of carbonyl (C=O) groups is 2. The number of hydrogen-bond acceptors (Lipinski definition) is 3. The molecule has 0 atom stereocenters. The molecule has 0 heterocycles. The zero-order chi connectivity index (χ0) is 12.4. The van der Waals surface area contributed by atoms with Gasteiger partial charge in [-0.15, -0.1) is 0 Å². The van der Waals surface area contributed by atoms with Crippen LogP contribution in [0.3, 0.4) is 0 Å². The van der Waals surface area contributed by atoms with Crippen LogP contribution in [0.2, 0.25) is 0 Å². The molecule has 1 N–H and O–H groups in total. The molecule has 94 valence electrons. The van der Waals surface area contributed by atoms with E-state index in [-0.39, 0.29) is 24.4 Å². The monoisotopic (exact) mass is 229 g/mol. The van der Waals surface area contributed by atoms with E-state index < -0.39 is 0 Å². The van der Waals surface area contributed by atoms with Crippen molar-refractivity contribution in [2.45, 2.75) is 46.5 Å². The summed E-state index contributed by atoms with van der Waals surface area (Å²) in [5.41, 5.74) is 0. The maximum atomic E-state index is 11.2. The molecule has 4 nitrogen and oxygen atoms in total. The molecule has 1 amide bonds. The first-order chi connectivity index (χ1) is 7.57. The van der Waals surface area contributed by atoms with E-state index in [0.717, 1.165) is 19.3 Å². The Labute approximate surface area is 97.7 Å². The molecule has 0 fully saturated rings. The number of rotatable bonds is 8. The van der Waals surface area contributed by atoms with Crippen LogP contribution in [-0.2, 0) is 14.3 Å². The molecule has 0 saturated heterocycles. The maximum Gasteiger partial charge on any atom is 0.308 e. The standard InChI is InChI=1S/C12H23NO3/c1-4-5-6-7-11(14)13-8-9-16-12(15)10(2)3/h10H,4-9H2,1-3H3,(H,13,14). The van der Waals surface area contributed by atoms with Gasteiger partial charge in [-0.2, -0.15) is 0 Å². The number of nitrogens with one attached hydrogen (secondary N) is 1. The molecule has 16 heavy (non-hydrogen) atoms. The van der Waals surface area contributed by atoms with E-state index in [1.54, 1.807) is 13.8 Å². The molecule has 0 aliphatic carbocycles. The number of hydrogen-bond donors (Lipinski definition) is 1. The Kier molecular flexibility index (Phi) is 8.58. The lowest BCUT2D eigenvalue weighted by Crippen LogP contribution is -2.28. The third-order valence-corrected chi connectivity index (χ3v) is 2.15. The van der Waals surface area contributed by atoms with Crippen LogP contribution >= 0.6 is 0 Å². The van der Waals surface area contributed by atoms with Crippen LogP contribution in [0.5, 0.6) is 0 Å². The SMILES string of the molecule is CCCCCC(=O)NCCOC(=O)C(C)C. The number of carbonyl (C=O) groups excluding carboxylic acids is 2. The van der Waals surface area contributed by atoms with E-state index in [2.05, 4.69) is 12.2 Å². The van der Waals surface area contributed by atoms with Crippen LogP contribution in [0.1, 0.15) is 46.5 Å². The van der Waals surface area contributed by atoms with Crippen molar-refractivity contribution < 1.29 is 14.3 Å². The van der Waals surface area contributed by atoms with Gasteiger partial charge in [0, 0.05) is 6.42 Å². The molecule has 0 unspecified atom stereocenters. The second kappa shape index (κ2) is 9.19. The molecule has 0 aromatic heterocycles. The summed E-state index contributed by atoms with van der Waals surface area (Å²) in [7, 11) is 0. The summed E-state index contributed by atoms with van der Waals surface area (Å²) in [5, 5.41) is 2.72. The van der Waals surface area contributed by atoms with Crippen LogP contribution < -0.4 is 5.32 Å².